The van der Waals surface area contributed by atoms with Crippen LogP contribution in [0.4, 0.5) is 0 Å². The number of ether oxygens (including phenoxy) is 2. The molecule has 0 amide bonds. The molecule has 0 N–H and O–H groups in total. The van der Waals surface area contributed by atoms with Gasteiger partial charge in [0, 0.05) is 5.33 Å². The molecule has 0 aromatic heterocycles. The molecule has 2 nitrogen and oxygen atoms in total. The van der Waals surface area contributed by atoms with E-state index >= 15 is 0 Å². The largest absolute Gasteiger partial charge is 0.353 e. The molecule has 1 atom stereocenters. The van der Waals surface area contributed by atoms with E-state index < -0.39 is 0 Å². The van der Waals surface area contributed by atoms with Gasteiger partial charge < -0.3 is 9.47 Å². The first kappa shape index (κ1) is 7.51. The zero-order valence-corrected chi connectivity index (χ0v) is 6.89. The average molecular weight is 195 g/mol. The third-order valence-corrected chi connectivity index (χ3v) is 1.91. The Hall–Kier alpha value is 0.400. The SMILES string of the molecule is BrCCCC1COCO1. The van der Waals surface area contributed by atoms with Gasteiger partial charge in [0.05, 0.1) is 12.7 Å². The van der Waals surface area contributed by atoms with Crippen LogP contribution in [0.1, 0.15) is 12.8 Å². The molecule has 0 aromatic carbocycles. The highest BCUT2D eigenvalue weighted by atomic mass is 79.9. The Bertz CT molecular complexity index is 71.5. The Morgan fingerprint density at radius 3 is 3.00 bits per heavy atom. The maximum absolute atomic E-state index is 5.21. The first-order valence-corrected chi connectivity index (χ1v) is 4.31. The minimum absolute atomic E-state index is 0.363. The molecule has 0 spiro atoms. The molecule has 1 rings (SSSR count). The van der Waals surface area contributed by atoms with Crippen molar-refractivity contribution in [2.45, 2.75) is 18.9 Å². The lowest BCUT2D eigenvalue weighted by Crippen LogP contribution is -2.08. The molecule has 0 aromatic rings. The third kappa shape index (κ3) is 2.65. The summed E-state index contributed by atoms with van der Waals surface area (Å²) in [6.07, 6.45) is 2.65. The van der Waals surface area contributed by atoms with Gasteiger partial charge in [0.2, 0.25) is 0 Å². The maximum Gasteiger partial charge on any atom is 0.147 e. The second-order valence-electron chi connectivity index (χ2n) is 2.11. The van der Waals surface area contributed by atoms with Crippen LogP contribution in [0.3, 0.4) is 0 Å². The Morgan fingerprint density at radius 2 is 2.44 bits per heavy atom. The monoisotopic (exact) mass is 194 g/mol. The molecule has 1 fully saturated rings. The van der Waals surface area contributed by atoms with Gasteiger partial charge in [0.15, 0.2) is 0 Å². The summed E-state index contributed by atoms with van der Waals surface area (Å²) in [5.74, 6) is 0. The lowest BCUT2D eigenvalue weighted by Gasteiger charge is -2.03. The molecule has 1 saturated heterocycles. The zero-order chi connectivity index (χ0) is 6.53. The van der Waals surface area contributed by atoms with Crippen molar-refractivity contribution in [1.82, 2.24) is 0 Å². The summed E-state index contributed by atoms with van der Waals surface area (Å²) >= 11 is 3.36. The van der Waals surface area contributed by atoms with Crippen molar-refractivity contribution in [3.05, 3.63) is 0 Å². The maximum atomic E-state index is 5.21. The van der Waals surface area contributed by atoms with E-state index in [-0.39, 0.29) is 0 Å². The van der Waals surface area contributed by atoms with E-state index in [2.05, 4.69) is 15.9 Å². The highest BCUT2D eigenvalue weighted by Gasteiger charge is 2.14. The van der Waals surface area contributed by atoms with E-state index in [1.807, 2.05) is 0 Å². The van der Waals surface area contributed by atoms with Gasteiger partial charge >= 0.3 is 0 Å². The van der Waals surface area contributed by atoms with Gasteiger partial charge in [-0.1, -0.05) is 15.9 Å². The molecule has 0 radical (unpaired) electrons. The molecule has 1 unspecified atom stereocenters. The van der Waals surface area contributed by atoms with E-state index in [0.717, 1.165) is 18.4 Å². The zero-order valence-electron chi connectivity index (χ0n) is 5.31. The van der Waals surface area contributed by atoms with Gasteiger partial charge in [0.1, 0.15) is 6.79 Å². The van der Waals surface area contributed by atoms with Crippen molar-refractivity contribution >= 4 is 15.9 Å². The molecule has 3 heteroatoms. The molecule has 0 aliphatic carbocycles. The summed E-state index contributed by atoms with van der Waals surface area (Å²) in [5.41, 5.74) is 0. The summed E-state index contributed by atoms with van der Waals surface area (Å²) in [5, 5.41) is 1.06. The van der Waals surface area contributed by atoms with Crippen molar-refractivity contribution in [1.29, 1.82) is 0 Å². The van der Waals surface area contributed by atoms with Crippen LogP contribution >= 0.6 is 15.9 Å². The molecule has 9 heavy (non-hydrogen) atoms. The summed E-state index contributed by atoms with van der Waals surface area (Å²) < 4.78 is 10.2. The second-order valence-corrected chi connectivity index (χ2v) is 2.90. The Labute approximate surface area is 63.7 Å². The summed E-state index contributed by atoms with van der Waals surface area (Å²) in [6, 6.07) is 0. The first-order chi connectivity index (χ1) is 4.43. The molecule has 54 valence electrons. The van der Waals surface area contributed by atoms with Crippen molar-refractivity contribution < 1.29 is 9.47 Å². The summed E-state index contributed by atoms with van der Waals surface area (Å²) in [4.78, 5) is 0. The van der Waals surface area contributed by atoms with Crippen LogP contribution in [-0.2, 0) is 9.47 Å². The predicted molar refractivity (Wildman–Crippen MR) is 38.7 cm³/mol. The lowest BCUT2D eigenvalue weighted by molar-refractivity contribution is 0.0446. The average Bonchev–Trinajstić information content (AvgIpc) is 2.34. The van der Waals surface area contributed by atoms with Crippen LogP contribution in [0.2, 0.25) is 0 Å². The van der Waals surface area contributed by atoms with Gasteiger partial charge in [-0.25, -0.2) is 0 Å². The van der Waals surface area contributed by atoms with Crippen molar-refractivity contribution in [3.63, 3.8) is 0 Å². The van der Waals surface area contributed by atoms with Crippen molar-refractivity contribution in [2.75, 3.05) is 18.7 Å². The van der Waals surface area contributed by atoms with E-state index in [0.29, 0.717) is 12.9 Å². The topological polar surface area (TPSA) is 18.5 Å². The second kappa shape index (κ2) is 4.25. The molecule has 1 aliphatic heterocycles. The number of hydrogen-bond acceptors (Lipinski definition) is 2. The smallest absolute Gasteiger partial charge is 0.147 e. The van der Waals surface area contributed by atoms with Crippen LogP contribution in [0, 0.1) is 0 Å². The number of rotatable bonds is 3. The Balaban J connectivity index is 1.98. The van der Waals surface area contributed by atoms with Gasteiger partial charge in [0.25, 0.3) is 0 Å². The van der Waals surface area contributed by atoms with E-state index in [9.17, 15) is 0 Å². The standard InChI is InChI=1S/C6H11BrO2/c7-3-1-2-6-4-8-5-9-6/h6H,1-5H2. The van der Waals surface area contributed by atoms with Crippen molar-refractivity contribution in [2.24, 2.45) is 0 Å². The number of alkyl halides is 1. The summed E-state index contributed by atoms with van der Waals surface area (Å²) in [6.45, 7) is 1.28. The predicted octanol–water partition coefficient (Wildman–Crippen LogP) is 1.53. The molecule has 1 aliphatic rings. The van der Waals surface area contributed by atoms with Crippen LogP contribution in [0.15, 0.2) is 0 Å². The number of hydrogen-bond donors (Lipinski definition) is 0. The molecule has 0 bridgehead atoms. The fourth-order valence-corrected chi connectivity index (χ4v) is 1.17. The third-order valence-electron chi connectivity index (χ3n) is 1.35. The van der Waals surface area contributed by atoms with E-state index in [1.165, 1.54) is 6.42 Å². The van der Waals surface area contributed by atoms with Crippen LogP contribution in [-0.4, -0.2) is 24.8 Å². The van der Waals surface area contributed by atoms with Gasteiger partial charge in [-0.3, -0.25) is 0 Å². The fourth-order valence-electron chi connectivity index (χ4n) is 0.843. The summed E-state index contributed by atoms with van der Waals surface area (Å²) in [7, 11) is 0. The van der Waals surface area contributed by atoms with Crippen LogP contribution in [0.25, 0.3) is 0 Å². The van der Waals surface area contributed by atoms with Gasteiger partial charge in [-0.15, -0.1) is 0 Å². The Morgan fingerprint density at radius 1 is 1.56 bits per heavy atom. The Kier molecular flexibility index (Phi) is 3.55. The van der Waals surface area contributed by atoms with E-state index in [1.54, 1.807) is 0 Å². The van der Waals surface area contributed by atoms with Gasteiger partial charge in [-0.05, 0) is 12.8 Å². The normalized spacial score (nSPS) is 27.0. The number of halogens is 1. The fraction of sp³-hybridized carbons (Fsp3) is 1.00. The van der Waals surface area contributed by atoms with Crippen LogP contribution < -0.4 is 0 Å². The molecule has 0 saturated carbocycles. The van der Waals surface area contributed by atoms with E-state index in [4.69, 9.17) is 9.47 Å². The highest BCUT2D eigenvalue weighted by Crippen LogP contribution is 2.09. The molecular formula is C6H11BrO2. The minimum atomic E-state index is 0.363. The van der Waals surface area contributed by atoms with Crippen LogP contribution in [0.5, 0.6) is 0 Å². The van der Waals surface area contributed by atoms with Gasteiger partial charge in [-0.2, -0.15) is 0 Å². The molecular weight excluding hydrogens is 184 g/mol. The quantitative estimate of drug-likeness (QED) is 0.636. The highest BCUT2D eigenvalue weighted by molar-refractivity contribution is 9.09. The minimum Gasteiger partial charge on any atom is -0.353 e. The first-order valence-electron chi connectivity index (χ1n) is 3.19. The van der Waals surface area contributed by atoms with Crippen molar-refractivity contribution in [3.8, 4) is 0 Å². The lowest BCUT2D eigenvalue weighted by atomic mass is 10.2. The molecule has 1 heterocycles.